The number of hydrogen-bond donors (Lipinski definition) is 0. The maximum Gasteiger partial charge on any atom is 0.424 e. The van der Waals surface area contributed by atoms with Gasteiger partial charge in [0.2, 0.25) is 0 Å². The summed E-state index contributed by atoms with van der Waals surface area (Å²) >= 11 is 10.1. The maximum atomic E-state index is 10.8. The quantitative estimate of drug-likeness (QED) is 0.626. The molecule has 5 nitrogen and oxygen atoms in total. The van der Waals surface area contributed by atoms with Crippen molar-refractivity contribution in [3.05, 3.63) is 0 Å². The lowest BCUT2D eigenvalue weighted by atomic mass is 10.7. The highest BCUT2D eigenvalue weighted by atomic mass is 35.9. The van der Waals surface area contributed by atoms with Gasteiger partial charge in [-0.2, -0.15) is 4.67 Å². The number of carbonyl (C=O) groups is 2. The van der Waals surface area contributed by atoms with Crippen molar-refractivity contribution in [2.24, 2.45) is 0 Å². The SMILES string of the molecule is O=C1COC(=O)N1P(=O)(Cl)Cl. The van der Waals surface area contributed by atoms with E-state index in [4.69, 9.17) is 22.5 Å². The molecule has 0 aliphatic carbocycles. The first kappa shape index (κ1) is 8.84. The molecule has 0 aromatic carbocycles. The molecule has 0 spiro atoms. The van der Waals surface area contributed by atoms with Crippen molar-refractivity contribution in [1.82, 2.24) is 4.67 Å². The summed E-state index contributed by atoms with van der Waals surface area (Å²) in [7, 11) is 0. The third-order valence-corrected chi connectivity index (χ3v) is 2.72. The molecule has 2 amide bonds. The van der Waals surface area contributed by atoms with Crippen molar-refractivity contribution in [2.45, 2.75) is 0 Å². The Morgan fingerprint density at radius 2 is 2.00 bits per heavy atom. The van der Waals surface area contributed by atoms with E-state index in [2.05, 4.69) is 4.74 Å². The van der Waals surface area contributed by atoms with E-state index in [-0.39, 0.29) is 4.67 Å². The first-order chi connectivity index (χ1) is 4.93. The Balaban J connectivity index is 2.95. The van der Waals surface area contributed by atoms with Gasteiger partial charge in [-0.15, -0.1) is 0 Å². The van der Waals surface area contributed by atoms with Crippen molar-refractivity contribution < 1.29 is 18.9 Å². The summed E-state index contributed by atoms with van der Waals surface area (Å²) in [6.45, 7) is -0.456. The Morgan fingerprint density at radius 1 is 1.45 bits per heavy atom. The van der Waals surface area contributed by atoms with Gasteiger partial charge < -0.3 is 4.74 Å². The molecule has 1 aliphatic rings. The second-order valence-corrected chi connectivity index (χ2v) is 6.23. The van der Waals surface area contributed by atoms with Crippen LogP contribution in [0.4, 0.5) is 4.79 Å². The molecule has 0 unspecified atom stereocenters. The highest BCUT2D eigenvalue weighted by Gasteiger charge is 2.42. The van der Waals surface area contributed by atoms with E-state index < -0.39 is 24.6 Å². The maximum absolute atomic E-state index is 10.8. The molecule has 1 aliphatic heterocycles. The summed E-state index contributed by atoms with van der Waals surface area (Å²) in [5, 5.41) is 0. The topological polar surface area (TPSA) is 63.7 Å². The van der Waals surface area contributed by atoms with Crippen molar-refractivity contribution in [1.29, 1.82) is 0 Å². The van der Waals surface area contributed by atoms with Crippen LogP contribution in [0.1, 0.15) is 0 Å². The molecular formula is C3H2Cl2NO4P. The Bertz CT molecular complexity index is 244. The molecule has 0 saturated carbocycles. The fraction of sp³-hybridized carbons (Fsp3) is 0.333. The Hall–Kier alpha value is -0.250. The summed E-state index contributed by atoms with van der Waals surface area (Å²) in [6, 6.07) is 0. The predicted octanol–water partition coefficient (Wildman–Crippen LogP) is 1.55. The Kier molecular flexibility index (Phi) is 2.14. The minimum Gasteiger partial charge on any atom is -0.439 e. The molecule has 11 heavy (non-hydrogen) atoms. The van der Waals surface area contributed by atoms with Crippen LogP contribution in [0.5, 0.6) is 0 Å². The fourth-order valence-corrected chi connectivity index (χ4v) is 2.01. The Labute approximate surface area is 71.2 Å². The molecule has 62 valence electrons. The van der Waals surface area contributed by atoms with Crippen LogP contribution in [0.2, 0.25) is 0 Å². The summed E-state index contributed by atoms with van der Waals surface area (Å²) in [5.41, 5.74) is 0. The zero-order valence-electron chi connectivity index (χ0n) is 4.99. The predicted molar refractivity (Wildman–Crippen MR) is 37.5 cm³/mol. The van der Waals surface area contributed by atoms with Gasteiger partial charge in [0, 0.05) is 0 Å². The first-order valence-corrected chi connectivity index (χ1v) is 5.89. The van der Waals surface area contributed by atoms with Gasteiger partial charge in [-0.25, -0.2) is 4.79 Å². The van der Waals surface area contributed by atoms with Gasteiger partial charge >= 0.3 is 12.1 Å². The number of cyclic esters (lactones) is 1. The molecule has 0 atom stereocenters. The molecule has 1 heterocycles. The van der Waals surface area contributed by atoms with E-state index in [1.807, 2.05) is 0 Å². The van der Waals surface area contributed by atoms with Crippen LogP contribution in [-0.2, 0) is 14.1 Å². The minimum absolute atomic E-state index is 0.218. The highest BCUT2D eigenvalue weighted by Crippen LogP contribution is 2.60. The third-order valence-electron chi connectivity index (χ3n) is 0.961. The smallest absolute Gasteiger partial charge is 0.424 e. The summed E-state index contributed by atoms with van der Waals surface area (Å²) in [4.78, 5) is 21.2. The second-order valence-electron chi connectivity index (χ2n) is 1.69. The number of nitrogens with zero attached hydrogens (tertiary/aromatic N) is 1. The molecule has 0 radical (unpaired) electrons. The van der Waals surface area contributed by atoms with E-state index in [1.54, 1.807) is 0 Å². The number of carbonyl (C=O) groups excluding carboxylic acids is 2. The van der Waals surface area contributed by atoms with Crippen LogP contribution in [0.25, 0.3) is 0 Å². The molecule has 0 aromatic heterocycles. The fourth-order valence-electron chi connectivity index (χ4n) is 0.572. The molecule has 0 bridgehead atoms. The Morgan fingerprint density at radius 3 is 2.18 bits per heavy atom. The van der Waals surface area contributed by atoms with Gasteiger partial charge in [0.05, 0.1) is 0 Å². The van der Waals surface area contributed by atoms with Crippen molar-refractivity contribution >= 4 is 40.5 Å². The van der Waals surface area contributed by atoms with Crippen LogP contribution in [0.3, 0.4) is 0 Å². The standard InChI is InChI=1S/C3H2Cl2NO4P/c4-11(5,9)6-2(7)1-10-3(6)8/h1H2. The van der Waals surface area contributed by atoms with E-state index in [0.29, 0.717) is 0 Å². The lowest BCUT2D eigenvalue weighted by Gasteiger charge is -2.09. The van der Waals surface area contributed by atoms with Crippen LogP contribution in [-0.4, -0.2) is 23.3 Å². The van der Waals surface area contributed by atoms with Crippen LogP contribution >= 0.6 is 28.5 Å². The van der Waals surface area contributed by atoms with Crippen LogP contribution in [0, 0.1) is 0 Å². The number of rotatable bonds is 1. The molecule has 0 aromatic rings. The van der Waals surface area contributed by atoms with Crippen LogP contribution < -0.4 is 0 Å². The molecule has 1 fully saturated rings. The summed E-state index contributed by atoms with van der Waals surface area (Å²) in [5.74, 6) is -4.66. The number of ether oxygens (including phenoxy) is 1. The van der Waals surface area contributed by atoms with E-state index in [1.165, 1.54) is 0 Å². The summed E-state index contributed by atoms with van der Waals surface area (Å²) < 4.78 is 15.2. The number of hydrogen-bond acceptors (Lipinski definition) is 4. The normalized spacial score (nSPS) is 18.9. The average molecular weight is 218 g/mol. The average Bonchev–Trinajstić information content (AvgIpc) is 2.08. The van der Waals surface area contributed by atoms with Crippen LogP contribution in [0.15, 0.2) is 0 Å². The zero-order valence-corrected chi connectivity index (χ0v) is 7.40. The number of halogens is 2. The minimum atomic E-state index is -3.87. The summed E-state index contributed by atoms with van der Waals surface area (Å²) in [6.07, 6.45) is -1.07. The van der Waals surface area contributed by atoms with Gasteiger partial charge in [-0.1, -0.05) is 0 Å². The lowest BCUT2D eigenvalue weighted by molar-refractivity contribution is -0.122. The molecule has 1 rings (SSSR count). The molecule has 0 N–H and O–H groups in total. The second kappa shape index (κ2) is 2.66. The van der Waals surface area contributed by atoms with Gasteiger partial charge in [-0.3, -0.25) is 9.36 Å². The molecular weight excluding hydrogens is 216 g/mol. The first-order valence-electron chi connectivity index (χ1n) is 2.42. The highest BCUT2D eigenvalue weighted by molar-refractivity contribution is 8.07. The van der Waals surface area contributed by atoms with Crippen molar-refractivity contribution in [3.8, 4) is 0 Å². The monoisotopic (exact) mass is 217 g/mol. The van der Waals surface area contributed by atoms with Crippen molar-refractivity contribution in [3.63, 3.8) is 0 Å². The van der Waals surface area contributed by atoms with Gasteiger partial charge in [-0.05, 0) is 22.5 Å². The van der Waals surface area contributed by atoms with E-state index in [9.17, 15) is 14.2 Å². The number of amides is 2. The van der Waals surface area contributed by atoms with Gasteiger partial charge in [0.25, 0.3) is 5.91 Å². The number of imide groups is 1. The lowest BCUT2D eigenvalue weighted by Crippen LogP contribution is -2.21. The van der Waals surface area contributed by atoms with Gasteiger partial charge in [0.15, 0.2) is 6.61 Å². The molecule has 8 heteroatoms. The zero-order chi connectivity index (χ0) is 8.65. The van der Waals surface area contributed by atoms with E-state index >= 15 is 0 Å². The van der Waals surface area contributed by atoms with Gasteiger partial charge in [0.1, 0.15) is 0 Å². The van der Waals surface area contributed by atoms with Crippen molar-refractivity contribution in [2.75, 3.05) is 6.61 Å². The molecule has 1 saturated heterocycles. The third kappa shape index (κ3) is 1.67. The largest absolute Gasteiger partial charge is 0.439 e. The van der Waals surface area contributed by atoms with E-state index in [0.717, 1.165) is 0 Å².